The lowest BCUT2D eigenvalue weighted by Gasteiger charge is -2.33. The standard InChI is InChI=1S/C21H27N5O4S/c27-21(30-16-17-6-2-1-3-7-17)26-13-9-19(15-26)31(28,29)24-18-8-4-12-25(14-18)20-22-10-5-11-23-20/h1-3,5-7,10-11,18-19,24H,4,8-9,12-16H2/t18-,19+/m0/s1. The summed E-state index contributed by atoms with van der Waals surface area (Å²) in [6, 6.07) is 11.0. The van der Waals surface area contributed by atoms with Gasteiger partial charge in [-0.3, -0.25) is 0 Å². The van der Waals surface area contributed by atoms with Gasteiger partial charge in [-0.15, -0.1) is 0 Å². The van der Waals surface area contributed by atoms with Gasteiger partial charge in [0.15, 0.2) is 0 Å². The molecule has 0 bridgehead atoms. The Morgan fingerprint density at radius 3 is 2.61 bits per heavy atom. The van der Waals surface area contributed by atoms with Crippen molar-refractivity contribution in [3.8, 4) is 0 Å². The van der Waals surface area contributed by atoms with Crippen LogP contribution in [0.5, 0.6) is 0 Å². The van der Waals surface area contributed by atoms with Crippen LogP contribution in [0.25, 0.3) is 0 Å². The van der Waals surface area contributed by atoms with E-state index in [4.69, 9.17) is 4.74 Å². The van der Waals surface area contributed by atoms with Gasteiger partial charge in [0.25, 0.3) is 0 Å². The third-order valence-electron chi connectivity index (χ3n) is 5.63. The van der Waals surface area contributed by atoms with Crippen LogP contribution < -0.4 is 9.62 Å². The van der Waals surface area contributed by atoms with Crippen LogP contribution in [0, 0.1) is 0 Å². The van der Waals surface area contributed by atoms with Crippen LogP contribution in [0.4, 0.5) is 10.7 Å². The fourth-order valence-corrected chi connectivity index (χ4v) is 5.64. The number of ether oxygens (including phenoxy) is 1. The molecule has 2 aliphatic heterocycles. The maximum Gasteiger partial charge on any atom is 0.410 e. The number of anilines is 1. The molecule has 2 aliphatic rings. The van der Waals surface area contributed by atoms with E-state index in [0.717, 1.165) is 24.9 Å². The molecule has 0 unspecified atom stereocenters. The number of hydrogen-bond acceptors (Lipinski definition) is 7. The lowest BCUT2D eigenvalue weighted by molar-refractivity contribution is 0.104. The Hall–Kier alpha value is -2.72. The van der Waals surface area contributed by atoms with Gasteiger partial charge in [-0.1, -0.05) is 30.3 Å². The molecule has 2 fully saturated rings. The molecule has 1 amide bonds. The van der Waals surface area contributed by atoms with Crippen LogP contribution in [0.2, 0.25) is 0 Å². The van der Waals surface area contributed by atoms with E-state index in [1.165, 1.54) is 4.90 Å². The Balaban J connectivity index is 1.29. The quantitative estimate of drug-likeness (QED) is 0.723. The third kappa shape index (κ3) is 5.50. The van der Waals surface area contributed by atoms with Gasteiger partial charge in [-0.05, 0) is 30.9 Å². The Kier molecular flexibility index (Phi) is 6.67. The van der Waals surface area contributed by atoms with Gasteiger partial charge in [-0.25, -0.2) is 27.9 Å². The Morgan fingerprint density at radius 2 is 1.84 bits per heavy atom. The Morgan fingerprint density at radius 1 is 1.06 bits per heavy atom. The molecule has 166 valence electrons. The number of carbonyl (C=O) groups is 1. The average molecular weight is 446 g/mol. The monoisotopic (exact) mass is 445 g/mol. The smallest absolute Gasteiger partial charge is 0.410 e. The number of piperidine rings is 1. The van der Waals surface area contributed by atoms with E-state index in [0.29, 0.717) is 25.5 Å². The summed E-state index contributed by atoms with van der Waals surface area (Å²) in [5.74, 6) is 0.611. The van der Waals surface area contributed by atoms with Crippen LogP contribution in [0.1, 0.15) is 24.8 Å². The molecule has 4 rings (SSSR count). The number of rotatable bonds is 6. The lowest BCUT2D eigenvalue weighted by Crippen LogP contribution is -2.50. The van der Waals surface area contributed by atoms with Crippen molar-refractivity contribution in [3.05, 3.63) is 54.4 Å². The number of nitrogens with one attached hydrogen (secondary N) is 1. The van der Waals surface area contributed by atoms with E-state index in [-0.39, 0.29) is 19.2 Å². The summed E-state index contributed by atoms with van der Waals surface area (Å²) in [4.78, 5) is 24.3. The Labute approximate surface area is 182 Å². The van der Waals surface area contributed by atoms with Crippen molar-refractivity contribution in [1.29, 1.82) is 0 Å². The van der Waals surface area contributed by atoms with Gasteiger partial charge < -0.3 is 14.5 Å². The van der Waals surface area contributed by atoms with Gasteiger partial charge >= 0.3 is 6.09 Å². The number of hydrogen-bond donors (Lipinski definition) is 1. The van der Waals surface area contributed by atoms with Crippen molar-refractivity contribution in [2.24, 2.45) is 0 Å². The third-order valence-corrected chi connectivity index (χ3v) is 7.56. The first-order chi connectivity index (χ1) is 15.0. The summed E-state index contributed by atoms with van der Waals surface area (Å²) in [5.41, 5.74) is 0.894. The zero-order valence-electron chi connectivity index (χ0n) is 17.3. The molecule has 1 aromatic heterocycles. The highest BCUT2D eigenvalue weighted by atomic mass is 32.2. The average Bonchev–Trinajstić information content (AvgIpc) is 3.30. The SMILES string of the molecule is O=C(OCc1ccccc1)N1CC[C@@H](S(=O)(=O)N[C@H]2CCCN(c3ncccn3)C2)C1. The number of sulfonamides is 1. The normalized spacial score (nSPS) is 21.8. The number of likely N-dealkylation sites (tertiary alicyclic amines) is 1. The molecule has 9 nitrogen and oxygen atoms in total. The molecule has 2 saturated heterocycles. The zero-order valence-corrected chi connectivity index (χ0v) is 18.1. The molecule has 0 aliphatic carbocycles. The molecule has 3 heterocycles. The fraction of sp³-hybridized carbons (Fsp3) is 0.476. The minimum Gasteiger partial charge on any atom is -0.445 e. The van der Waals surface area contributed by atoms with E-state index in [9.17, 15) is 13.2 Å². The van der Waals surface area contributed by atoms with Gasteiger partial charge in [-0.2, -0.15) is 0 Å². The maximum atomic E-state index is 13.0. The fourth-order valence-electron chi connectivity index (χ4n) is 4.00. The summed E-state index contributed by atoms with van der Waals surface area (Å²) in [5, 5.41) is -0.639. The van der Waals surface area contributed by atoms with Crippen molar-refractivity contribution in [2.75, 3.05) is 31.1 Å². The first kappa shape index (κ1) is 21.5. The van der Waals surface area contributed by atoms with Crippen molar-refractivity contribution in [1.82, 2.24) is 19.6 Å². The molecule has 0 spiro atoms. The molecule has 10 heteroatoms. The number of carbonyl (C=O) groups excluding carboxylic acids is 1. The van der Waals surface area contributed by atoms with E-state index in [1.54, 1.807) is 18.5 Å². The second-order valence-electron chi connectivity index (χ2n) is 7.89. The number of benzene rings is 1. The Bertz CT molecular complexity index is 974. The second kappa shape index (κ2) is 9.61. The van der Waals surface area contributed by atoms with Gasteiger partial charge in [0, 0.05) is 44.6 Å². The molecule has 1 aromatic carbocycles. The zero-order chi connectivity index (χ0) is 21.7. The molecule has 2 aromatic rings. The highest BCUT2D eigenvalue weighted by molar-refractivity contribution is 7.90. The van der Waals surface area contributed by atoms with Crippen LogP contribution in [0.3, 0.4) is 0 Å². The minimum absolute atomic E-state index is 0.140. The van der Waals surface area contributed by atoms with Crippen molar-refractivity contribution in [3.63, 3.8) is 0 Å². The summed E-state index contributed by atoms with van der Waals surface area (Å²) in [6.45, 7) is 2.01. The predicted molar refractivity (Wildman–Crippen MR) is 116 cm³/mol. The highest BCUT2D eigenvalue weighted by Crippen LogP contribution is 2.21. The molecule has 1 N–H and O–H groups in total. The lowest BCUT2D eigenvalue weighted by atomic mass is 10.1. The van der Waals surface area contributed by atoms with Crippen LogP contribution in [-0.4, -0.2) is 66.8 Å². The highest BCUT2D eigenvalue weighted by Gasteiger charge is 2.37. The van der Waals surface area contributed by atoms with Gasteiger partial charge in [0.2, 0.25) is 16.0 Å². The second-order valence-corrected chi connectivity index (χ2v) is 9.89. The van der Waals surface area contributed by atoms with E-state index < -0.39 is 21.4 Å². The molecule has 31 heavy (non-hydrogen) atoms. The molecule has 0 radical (unpaired) electrons. The number of aromatic nitrogens is 2. The number of nitrogens with zero attached hydrogens (tertiary/aromatic N) is 4. The van der Waals surface area contributed by atoms with E-state index in [1.807, 2.05) is 35.2 Å². The van der Waals surface area contributed by atoms with Crippen molar-refractivity contribution < 1.29 is 17.9 Å². The molecule has 0 saturated carbocycles. The van der Waals surface area contributed by atoms with Gasteiger partial charge in [0.1, 0.15) is 6.61 Å². The van der Waals surface area contributed by atoms with E-state index >= 15 is 0 Å². The first-order valence-corrected chi connectivity index (χ1v) is 12.0. The van der Waals surface area contributed by atoms with Gasteiger partial charge in [0.05, 0.1) is 5.25 Å². The van der Waals surface area contributed by atoms with Crippen molar-refractivity contribution in [2.45, 2.75) is 37.2 Å². The topological polar surface area (TPSA) is 105 Å². The molecular weight excluding hydrogens is 418 g/mol. The summed E-state index contributed by atoms with van der Waals surface area (Å²) in [6.07, 6.45) is 4.90. The summed E-state index contributed by atoms with van der Waals surface area (Å²) < 4.78 is 34.1. The predicted octanol–water partition coefficient (Wildman–Crippen LogP) is 1.78. The molecular formula is C21H27N5O4S. The van der Waals surface area contributed by atoms with Crippen LogP contribution >= 0.6 is 0 Å². The maximum absolute atomic E-state index is 13.0. The molecule has 2 atom stereocenters. The van der Waals surface area contributed by atoms with Crippen LogP contribution in [0.15, 0.2) is 48.8 Å². The summed E-state index contributed by atoms with van der Waals surface area (Å²) in [7, 11) is -3.57. The number of amides is 1. The largest absolute Gasteiger partial charge is 0.445 e. The minimum atomic E-state index is -3.57. The van der Waals surface area contributed by atoms with Crippen LogP contribution in [-0.2, 0) is 21.4 Å². The van der Waals surface area contributed by atoms with E-state index in [2.05, 4.69) is 14.7 Å². The van der Waals surface area contributed by atoms with Crippen molar-refractivity contribution >= 4 is 22.1 Å². The first-order valence-electron chi connectivity index (χ1n) is 10.5. The summed E-state index contributed by atoms with van der Waals surface area (Å²) >= 11 is 0.